The minimum absolute atomic E-state index is 0.0862. The van der Waals surface area contributed by atoms with E-state index in [-0.39, 0.29) is 18.1 Å². The van der Waals surface area contributed by atoms with Crippen LogP contribution in [-0.4, -0.2) is 33.4 Å². The van der Waals surface area contributed by atoms with E-state index >= 15 is 0 Å². The molecule has 0 bridgehead atoms. The number of nitrogens with one attached hydrogen (secondary N) is 1. The summed E-state index contributed by atoms with van der Waals surface area (Å²) >= 11 is 0. The molecule has 0 aliphatic rings. The number of hydrogen-bond acceptors (Lipinski definition) is 4. The topological polar surface area (TPSA) is 101 Å². The number of aromatic amines is 1. The Morgan fingerprint density at radius 2 is 2.00 bits per heavy atom. The van der Waals surface area contributed by atoms with Crippen molar-refractivity contribution < 1.29 is 4.79 Å². The molecule has 0 saturated carbocycles. The number of likely N-dealkylation sites (N-methyl/N-ethyl adjacent to an activating group) is 1. The quantitative estimate of drug-likeness (QED) is 0.703. The fourth-order valence-electron chi connectivity index (χ4n) is 1.47. The lowest BCUT2D eigenvalue weighted by molar-refractivity contribution is -0.131. The molecular formula is C10H16N4O3. The Hall–Kier alpha value is -2.05. The Morgan fingerprint density at radius 3 is 2.53 bits per heavy atom. The summed E-state index contributed by atoms with van der Waals surface area (Å²) in [6, 6.07) is 0. The summed E-state index contributed by atoms with van der Waals surface area (Å²) in [7, 11) is 0. The number of carbonyl (C=O) groups excluding carboxylic acids is 1. The first-order chi connectivity index (χ1) is 7.99. The third-order valence-corrected chi connectivity index (χ3v) is 2.46. The smallest absolute Gasteiger partial charge is 0.328 e. The molecule has 0 spiro atoms. The van der Waals surface area contributed by atoms with Crippen molar-refractivity contribution >= 4 is 11.6 Å². The standard InChI is InChI=1S/C10H16N4O3/c1-3-13(4-2)8(15)6-14-5-7(11)9(16)12-10(14)17/h5H,3-4,6,11H2,1-2H3,(H,12,16,17). The minimum atomic E-state index is -0.637. The maximum Gasteiger partial charge on any atom is 0.328 e. The van der Waals surface area contributed by atoms with E-state index in [2.05, 4.69) is 0 Å². The third-order valence-electron chi connectivity index (χ3n) is 2.46. The molecule has 3 N–H and O–H groups in total. The molecule has 1 heterocycles. The molecule has 0 atom stereocenters. The van der Waals surface area contributed by atoms with Crippen molar-refractivity contribution in [2.45, 2.75) is 20.4 Å². The van der Waals surface area contributed by atoms with E-state index in [1.807, 2.05) is 18.8 Å². The van der Waals surface area contributed by atoms with Gasteiger partial charge in [-0.05, 0) is 13.8 Å². The van der Waals surface area contributed by atoms with E-state index < -0.39 is 11.2 Å². The van der Waals surface area contributed by atoms with Crippen LogP contribution >= 0.6 is 0 Å². The van der Waals surface area contributed by atoms with E-state index in [1.165, 1.54) is 6.20 Å². The fourth-order valence-corrected chi connectivity index (χ4v) is 1.47. The number of amides is 1. The van der Waals surface area contributed by atoms with E-state index in [1.54, 1.807) is 4.90 Å². The molecule has 1 rings (SSSR count). The van der Waals surface area contributed by atoms with Crippen LogP contribution in [0.1, 0.15) is 13.8 Å². The van der Waals surface area contributed by atoms with Gasteiger partial charge in [-0.2, -0.15) is 0 Å². The zero-order chi connectivity index (χ0) is 13.0. The van der Waals surface area contributed by atoms with Crippen LogP contribution in [0.15, 0.2) is 15.8 Å². The number of aromatic nitrogens is 2. The molecule has 0 radical (unpaired) electrons. The molecule has 0 unspecified atom stereocenters. The summed E-state index contributed by atoms with van der Waals surface area (Å²) in [5.74, 6) is -0.191. The van der Waals surface area contributed by atoms with E-state index in [4.69, 9.17) is 5.73 Å². The lowest BCUT2D eigenvalue weighted by atomic mass is 10.4. The Morgan fingerprint density at radius 1 is 1.41 bits per heavy atom. The zero-order valence-corrected chi connectivity index (χ0v) is 9.90. The number of anilines is 1. The zero-order valence-electron chi connectivity index (χ0n) is 9.90. The van der Waals surface area contributed by atoms with Crippen molar-refractivity contribution in [2.24, 2.45) is 0 Å². The Balaban J connectivity index is 2.96. The predicted octanol–water partition coefficient (Wildman–Crippen LogP) is -1.01. The van der Waals surface area contributed by atoms with Gasteiger partial charge in [0.2, 0.25) is 5.91 Å². The van der Waals surface area contributed by atoms with Crippen LogP contribution in [0.2, 0.25) is 0 Å². The highest BCUT2D eigenvalue weighted by Gasteiger charge is 2.11. The Kier molecular flexibility index (Phi) is 4.08. The van der Waals surface area contributed by atoms with Crippen molar-refractivity contribution in [3.05, 3.63) is 27.0 Å². The fraction of sp³-hybridized carbons (Fsp3) is 0.500. The van der Waals surface area contributed by atoms with E-state index in [0.717, 1.165) is 4.57 Å². The van der Waals surface area contributed by atoms with E-state index in [0.29, 0.717) is 13.1 Å². The lowest BCUT2D eigenvalue weighted by Gasteiger charge is -2.18. The average molecular weight is 240 g/mol. The lowest BCUT2D eigenvalue weighted by Crippen LogP contribution is -2.38. The number of nitrogen functional groups attached to an aromatic ring is 1. The summed E-state index contributed by atoms with van der Waals surface area (Å²) in [4.78, 5) is 37.8. The summed E-state index contributed by atoms with van der Waals surface area (Å²) in [6.07, 6.45) is 1.18. The van der Waals surface area contributed by atoms with Gasteiger partial charge in [-0.15, -0.1) is 0 Å². The van der Waals surface area contributed by atoms with Gasteiger partial charge in [0.05, 0.1) is 0 Å². The normalized spacial score (nSPS) is 10.2. The predicted molar refractivity (Wildman–Crippen MR) is 63.7 cm³/mol. The molecule has 0 aromatic carbocycles. The Bertz CT molecular complexity index is 513. The van der Waals surface area contributed by atoms with Gasteiger partial charge in [-0.3, -0.25) is 19.1 Å². The number of carbonyl (C=O) groups is 1. The highest BCUT2D eigenvalue weighted by atomic mass is 16.2. The molecule has 1 aromatic rings. The van der Waals surface area contributed by atoms with Gasteiger partial charge in [0, 0.05) is 19.3 Å². The monoisotopic (exact) mass is 240 g/mol. The molecule has 7 nitrogen and oxygen atoms in total. The molecule has 0 fully saturated rings. The highest BCUT2D eigenvalue weighted by molar-refractivity contribution is 5.75. The molecule has 1 aromatic heterocycles. The molecular weight excluding hydrogens is 224 g/mol. The Labute approximate surface area is 97.9 Å². The summed E-state index contributed by atoms with van der Waals surface area (Å²) in [5, 5.41) is 0. The van der Waals surface area contributed by atoms with Crippen molar-refractivity contribution in [1.82, 2.24) is 14.5 Å². The number of rotatable bonds is 4. The number of hydrogen-bond donors (Lipinski definition) is 2. The van der Waals surface area contributed by atoms with Crippen LogP contribution < -0.4 is 17.0 Å². The van der Waals surface area contributed by atoms with Crippen LogP contribution in [0.3, 0.4) is 0 Å². The van der Waals surface area contributed by atoms with Crippen LogP contribution in [-0.2, 0) is 11.3 Å². The number of nitrogens with two attached hydrogens (primary N) is 1. The second kappa shape index (κ2) is 5.33. The van der Waals surface area contributed by atoms with Crippen molar-refractivity contribution in [3.8, 4) is 0 Å². The second-order valence-electron chi connectivity index (χ2n) is 3.54. The molecule has 1 amide bonds. The first-order valence-corrected chi connectivity index (χ1v) is 5.36. The maximum atomic E-state index is 11.8. The number of H-pyrrole nitrogens is 1. The highest BCUT2D eigenvalue weighted by Crippen LogP contribution is 1.93. The van der Waals surface area contributed by atoms with Gasteiger partial charge in [-0.25, -0.2) is 4.79 Å². The molecule has 0 aliphatic carbocycles. The summed E-state index contributed by atoms with van der Waals surface area (Å²) < 4.78 is 1.09. The summed E-state index contributed by atoms with van der Waals surface area (Å²) in [6.45, 7) is 4.73. The second-order valence-corrected chi connectivity index (χ2v) is 3.54. The van der Waals surface area contributed by atoms with Crippen LogP contribution in [0.4, 0.5) is 5.69 Å². The summed E-state index contributed by atoms with van der Waals surface area (Å²) in [5.41, 5.74) is 4.02. The van der Waals surface area contributed by atoms with Crippen LogP contribution in [0.25, 0.3) is 0 Å². The van der Waals surface area contributed by atoms with Gasteiger partial charge in [0.1, 0.15) is 12.2 Å². The largest absolute Gasteiger partial charge is 0.393 e. The van der Waals surface area contributed by atoms with Gasteiger partial charge in [-0.1, -0.05) is 0 Å². The molecule has 17 heavy (non-hydrogen) atoms. The van der Waals surface area contributed by atoms with Crippen LogP contribution in [0, 0.1) is 0 Å². The first-order valence-electron chi connectivity index (χ1n) is 5.36. The van der Waals surface area contributed by atoms with Crippen molar-refractivity contribution in [1.29, 1.82) is 0 Å². The van der Waals surface area contributed by atoms with Gasteiger partial charge >= 0.3 is 5.69 Å². The third kappa shape index (κ3) is 2.96. The average Bonchev–Trinajstić information content (AvgIpc) is 2.27. The molecule has 94 valence electrons. The van der Waals surface area contributed by atoms with Crippen molar-refractivity contribution in [2.75, 3.05) is 18.8 Å². The van der Waals surface area contributed by atoms with Crippen LogP contribution in [0.5, 0.6) is 0 Å². The van der Waals surface area contributed by atoms with E-state index in [9.17, 15) is 14.4 Å². The van der Waals surface area contributed by atoms with Gasteiger partial charge in [0.25, 0.3) is 5.56 Å². The molecule has 0 aliphatic heterocycles. The minimum Gasteiger partial charge on any atom is -0.393 e. The number of nitrogens with zero attached hydrogens (tertiary/aromatic N) is 2. The van der Waals surface area contributed by atoms with Crippen molar-refractivity contribution in [3.63, 3.8) is 0 Å². The van der Waals surface area contributed by atoms with Gasteiger partial charge < -0.3 is 10.6 Å². The SMILES string of the molecule is CCN(CC)C(=O)Cn1cc(N)c(=O)[nH]c1=O. The molecule has 7 heteroatoms. The van der Waals surface area contributed by atoms with Gasteiger partial charge in [0.15, 0.2) is 0 Å². The molecule has 0 saturated heterocycles. The first kappa shape index (κ1) is 13.0. The maximum absolute atomic E-state index is 11.8.